The van der Waals surface area contributed by atoms with Crippen molar-refractivity contribution in [3.63, 3.8) is 0 Å². The lowest BCUT2D eigenvalue weighted by atomic mass is 9.61. The molecule has 1 saturated heterocycles. The van der Waals surface area contributed by atoms with E-state index >= 15 is 0 Å². The van der Waals surface area contributed by atoms with Crippen molar-refractivity contribution < 1.29 is 48.0 Å². The number of alkyl halides is 2. The lowest BCUT2D eigenvalue weighted by Gasteiger charge is -2.47. The van der Waals surface area contributed by atoms with Gasteiger partial charge in [0.25, 0.3) is 11.8 Å². The number of nitrogens with zero attached hydrogens (tertiary/aromatic N) is 2. The molecule has 4 atom stereocenters. The fourth-order valence-electron chi connectivity index (χ4n) is 7.59. The van der Waals surface area contributed by atoms with Crippen LogP contribution in [0.4, 0.5) is 8.78 Å². The van der Waals surface area contributed by atoms with E-state index in [1.54, 1.807) is 31.1 Å². The third-order valence-electron chi connectivity index (χ3n) is 9.92. The highest BCUT2D eigenvalue weighted by Crippen LogP contribution is 2.52. The number of halogens is 2. The average molecular weight is 628 g/mol. The number of carbonyl (C=O) groups is 3. The first-order valence-corrected chi connectivity index (χ1v) is 14.8. The van der Waals surface area contributed by atoms with Crippen LogP contribution in [0.15, 0.2) is 51.5 Å². The zero-order valence-corrected chi connectivity index (χ0v) is 24.8. The number of ketones is 2. The van der Waals surface area contributed by atoms with Crippen molar-refractivity contribution in [3.05, 3.63) is 63.8 Å². The zero-order chi connectivity index (χ0) is 32.6. The van der Waals surface area contributed by atoms with E-state index < -0.39 is 64.0 Å². The standard InChI is InChI=1S/C32H35F2N3O8/c1-36(2)20-13-22(39)25(30(35)43)29(42)32(44)19(20)12-16-11-18-17(3-4-21(38)24(18)26(40)23(16)28(32)41)27-15(5-10-45-27)14-37-8-6-31(33,34)7-9-37/h3-5,10,16,19-20,38-39,41,44H,6-9,11-14H2,1-2H3,(H2,35,43)/t16-,19-,20+,32-/m0/s1. The Morgan fingerprint density at radius 3 is 2.44 bits per heavy atom. The van der Waals surface area contributed by atoms with Crippen molar-refractivity contribution in [2.45, 2.75) is 56.2 Å². The summed E-state index contributed by atoms with van der Waals surface area (Å²) in [4.78, 5) is 43.6. The van der Waals surface area contributed by atoms with E-state index in [-0.39, 0.29) is 62.1 Å². The summed E-state index contributed by atoms with van der Waals surface area (Å²) in [5, 5.41) is 45.2. The van der Waals surface area contributed by atoms with Crippen LogP contribution in [0.2, 0.25) is 0 Å². The van der Waals surface area contributed by atoms with E-state index in [9.17, 15) is 43.6 Å². The number of allylic oxidation sites excluding steroid dienone is 1. The van der Waals surface area contributed by atoms with Crippen molar-refractivity contribution in [1.29, 1.82) is 0 Å². The number of nitrogens with two attached hydrogens (primary N) is 1. The summed E-state index contributed by atoms with van der Waals surface area (Å²) >= 11 is 0. The zero-order valence-electron chi connectivity index (χ0n) is 24.8. The van der Waals surface area contributed by atoms with E-state index in [1.807, 2.05) is 4.90 Å². The van der Waals surface area contributed by atoms with E-state index in [2.05, 4.69) is 0 Å². The van der Waals surface area contributed by atoms with Crippen LogP contribution < -0.4 is 5.73 Å². The molecule has 11 nitrogen and oxygen atoms in total. The maximum Gasteiger partial charge on any atom is 0.255 e. The number of primary amides is 1. The maximum absolute atomic E-state index is 14.1. The van der Waals surface area contributed by atoms with Gasteiger partial charge in [-0.1, -0.05) is 0 Å². The van der Waals surface area contributed by atoms with Gasteiger partial charge in [0.15, 0.2) is 11.4 Å². The van der Waals surface area contributed by atoms with E-state index in [4.69, 9.17) is 10.2 Å². The Bertz CT molecular complexity index is 1670. The van der Waals surface area contributed by atoms with Gasteiger partial charge < -0.3 is 35.5 Å². The number of amides is 1. The molecule has 1 amide bonds. The number of hydrogen-bond acceptors (Lipinski definition) is 10. The van der Waals surface area contributed by atoms with Gasteiger partial charge in [-0.2, -0.15) is 0 Å². The number of aliphatic hydroxyl groups is 3. The van der Waals surface area contributed by atoms with Crippen molar-refractivity contribution in [3.8, 4) is 17.1 Å². The highest BCUT2D eigenvalue weighted by atomic mass is 19.3. The summed E-state index contributed by atoms with van der Waals surface area (Å²) in [6.45, 7) is 0.746. The number of hydrogen-bond donors (Lipinski definition) is 5. The molecule has 1 aromatic heterocycles. The minimum absolute atomic E-state index is 0.0110. The smallest absolute Gasteiger partial charge is 0.255 e. The minimum atomic E-state index is -2.74. The van der Waals surface area contributed by atoms with Gasteiger partial charge in [-0.3, -0.25) is 19.3 Å². The van der Waals surface area contributed by atoms with Crippen LogP contribution in [-0.2, 0) is 22.6 Å². The third kappa shape index (κ3) is 4.84. The molecule has 240 valence electrons. The molecule has 2 aromatic rings. The van der Waals surface area contributed by atoms with Gasteiger partial charge in [0, 0.05) is 67.6 Å². The predicted octanol–water partition coefficient (Wildman–Crippen LogP) is 3.00. The molecule has 1 aromatic carbocycles. The number of rotatable bonds is 5. The molecule has 1 aliphatic heterocycles. The molecule has 2 heterocycles. The maximum atomic E-state index is 14.1. The second kappa shape index (κ2) is 10.8. The number of fused-ring (bicyclic) bond motifs is 3. The molecule has 0 spiro atoms. The van der Waals surface area contributed by atoms with Gasteiger partial charge in [0.1, 0.15) is 28.6 Å². The quantitative estimate of drug-likeness (QED) is 0.310. The first-order valence-electron chi connectivity index (χ1n) is 14.8. The number of aromatic hydroxyl groups is 1. The largest absolute Gasteiger partial charge is 0.511 e. The second-order valence-corrected chi connectivity index (χ2v) is 12.7. The average Bonchev–Trinajstić information content (AvgIpc) is 3.39. The Balaban J connectivity index is 1.44. The Morgan fingerprint density at radius 2 is 1.80 bits per heavy atom. The van der Waals surface area contributed by atoms with Crippen LogP contribution in [0.3, 0.4) is 0 Å². The Labute approximate surface area is 257 Å². The number of carbonyl (C=O) groups excluding carboxylic acids is 3. The molecule has 0 bridgehead atoms. The topological polar surface area (TPSA) is 178 Å². The van der Waals surface area contributed by atoms with Gasteiger partial charge >= 0.3 is 0 Å². The number of likely N-dealkylation sites (tertiary alicyclic amines) is 1. The van der Waals surface area contributed by atoms with Gasteiger partial charge in [-0.15, -0.1) is 0 Å². The highest BCUT2D eigenvalue weighted by Gasteiger charge is 2.61. The van der Waals surface area contributed by atoms with Crippen LogP contribution in [0.1, 0.15) is 47.2 Å². The van der Waals surface area contributed by atoms with Crippen LogP contribution in [-0.4, -0.2) is 92.4 Å². The number of Topliss-reactive ketones (excluding diaryl/α,β-unsaturated/α-hetero) is 2. The Kier molecular flexibility index (Phi) is 7.41. The lowest BCUT2D eigenvalue weighted by molar-refractivity contribution is -0.144. The summed E-state index contributed by atoms with van der Waals surface area (Å²) in [7, 11) is 3.32. The number of phenols is 1. The van der Waals surface area contributed by atoms with Crippen LogP contribution in [0.25, 0.3) is 11.3 Å². The van der Waals surface area contributed by atoms with E-state index in [0.717, 1.165) is 0 Å². The van der Waals surface area contributed by atoms with Crippen LogP contribution in [0, 0.1) is 11.8 Å². The summed E-state index contributed by atoms with van der Waals surface area (Å²) in [6.07, 6.45) is 0.887. The normalized spacial score (nSPS) is 28.5. The number of aliphatic hydroxyl groups excluding tert-OH is 2. The van der Waals surface area contributed by atoms with Crippen LogP contribution >= 0.6 is 0 Å². The molecule has 6 rings (SSSR count). The van der Waals surface area contributed by atoms with Crippen molar-refractivity contribution in [2.75, 3.05) is 27.2 Å². The fourth-order valence-corrected chi connectivity index (χ4v) is 7.59. The molecular formula is C32H35F2N3O8. The van der Waals surface area contributed by atoms with Gasteiger partial charge in [-0.05, 0) is 56.6 Å². The summed E-state index contributed by atoms with van der Waals surface area (Å²) < 4.78 is 33.4. The van der Waals surface area contributed by atoms with E-state index in [0.29, 0.717) is 29.0 Å². The van der Waals surface area contributed by atoms with Gasteiger partial charge in [0.2, 0.25) is 5.78 Å². The highest BCUT2D eigenvalue weighted by molar-refractivity contribution is 6.24. The molecule has 13 heteroatoms. The molecule has 45 heavy (non-hydrogen) atoms. The van der Waals surface area contributed by atoms with Crippen molar-refractivity contribution in [1.82, 2.24) is 9.80 Å². The number of furan rings is 1. The third-order valence-corrected chi connectivity index (χ3v) is 9.92. The van der Waals surface area contributed by atoms with Crippen molar-refractivity contribution >= 4 is 17.5 Å². The van der Waals surface area contributed by atoms with Crippen LogP contribution in [0.5, 0.6) is 5.75 Å². The monoisotopic (exact) mass is 627 g/mol. The van der Waals surface area contributed by atoms with Crippen molar-refractivity contribution in [2.24, 2.45) is 17.6 Å². The molecule has 0 radical (unpaired) electrons. The summed E-state index contributed by atoms with van der Waals surface area (Å²) in [5.74, 6) is -9.37. The number of benzene rings is 1. The number of phenolic OH excluding ortho intramolecular Hbond substituents is 1. The number of piperidine rings is 1. The molecular weight excluding hydrogens is 592 g/mol. The van der Waals surface area contributed by atoms with E-state index in [1.165, 1.54) is 12.3 Å². The molecule has 0 unspecified atom stereocenters. The molecule has 0 saturated carbocycles. The van der Waals surface area contributed by atoms with Gasteiger partial charge in [-0.25, -0.2) is 8.78 Å². The molecule has 6 N–H and O–H groups in total. The molecule has 1 fully saturated rings. The predicted molar refractivity (Wildman–Crippen MR) is 155 cm³/mol. The Hall–Kier alpha value is -4.07. The first kappa shape index (κ1) is 30.9. The molecule has 4 aliphatic rings. The minimum Gasteiger partial charge on any atom is -0.511 e. The molecule has 3 aliphatic carbocycles. The first-order chi connectivity index (χ1) is 21.2. The lowest BCUT2D eigenvalue weighted by Crippen LogP contribution is -2.59. The summed E-state index contributed by atoms with van der Waals surface area (Å²) in [6, 6.07) is 3.91. The fraction of sp³-hybridized carbons (Fsp3) is 0.469. The Morgan fingerprint density at radius 1 is 1.11 bits per heavy atom. The van der Waals surface area contributed by atoms with Gasteiger partial charge in [0.05, 0.1) is 11.8 Å². The second-order valence-electron chi connectivity index (χ2n) is 12.7. The SMILES string of the molecule is CN(C)[C@@H]1CC(O)=C(C(N)=O)C(=O)[C@@]2(O)C(O)=C3C(=O)c4c(O)ccc(-c5occc5CN5CCC(F)(F)CC5)c4C[C@H]3C[C@@H]12. The summed E-state index contributed by atoms with van der Waals surface area (Å²) in [5.41, 5.74) is 3.09.